The maximum atomic E-state index is 14.0. The third kappa shape index (κ3) is 4.06. The van der Waals surface area contributed by atoms with E-state index in [1.54, 1.807) is 6.07 Å². The van der Waals surface area contributed by atoms with Crippen molar-refractivity contribution < 1.29 is 14.3 Å². The van der Waals surface area contributed by atoms with Crippen molar-refractivity contribution in [1.29, 1.82) is 0 Å². The van der Waals surface area contributed by atoms with Gasteiger partial charge in [0.1, 0.15) is 5.82 Å². The molecule has 1 aromatic carbocycles. The fourth-order valence-corrected chi connectivity index (χ4v) is 2.99. The molecule has 114 valence electrons. The number of rotatable bonds is 4. The minimum atomic E-state index is -1.07. The van der Waals surface area contributed by atoms with Gasteiger partial charge in [-0.1, -0.05) is 31.7 Å². The molecule has 0 unspecified atom stereocenters. The monoisotopic (exact) mass is 291 g/mol. The van der Waals surface area contributed by atoms with Crippen molar-refractivity contribution in [2.45, 2.75) is 44.6 Å². The van der Waals surface area contributed by atoms with Crippen molar-refractivity contribution in [2.24, 2.45) is 0 Å². The predicted octanol–water partition coefficient (Wildman–Crippen LogP) is 4.08. The molecule has 3 nitrogen and oxygen atoms in total. The van der Waals surface area contributed by atoms with E-state index < -0.39 is 5.97 Å². The van der Waals surface area contributed by atoms with Crippen molar-refractivity contribution in [3.05, 3.63) is 35.7 Å². The van der Waals surface area contributed by atoms with E-state index in [0.29, 0.717) is 11.6 Å². The van der Waals surface area contributed by atoms with E-state index in [1.165, 1.54) is 37.8 Å². The number of nitrogens with zero attached hydrogens (tertiary/aromatic N) is 1. The van der Waals surface area contributed by atoms with Crippen molar-refractivity contribution in [1.82, 2.24) is 0 Å². The van der Waals surface area contributed by atoms with Gasteiger partial charge in [-0.05, 0) is 31.1 Å². The first-order valence-corrected chi connectivity index (χ1v) is 7.52. The van der Waals surface area contributed by atoms with E-state index in [9.17, 15) is 9.18 Å². The Morgan fingerprint density at radius 3 is 2.57 bits per heavy atom. The average molecular weight is 291 g/mol. The van der Waals surface area contributed by atoms with Crippen LogP contribution in [0.2, 0.25) is 0 Å². The van der Waals surface area contributed by atoms with Crippen molar-refractivity contribution in [3.63, 3.8) is 0 Å². The lowest BCUT2D eigenvalue weighted by atomic mass is 10.0. The SMILES string of the molecule is CN(c1cccc(F)c1/C=C/C(=O)O)C1CCCCCC1. The van der Waals surface area contributed by atoms with Gasteiger partial charge >= 0.3 is 5.97 Å². The molecule has 1 saturated carbocycles. The minimum Gasteiger partial charge on any atom is -0.478 e. The lowest BCUT2D eigenvalue weighted by molar-refractivity contribution is -0.131. The standard InChI is InChI=1S/C17H22FNO2/c1-19(13-7-4-2-3-5-8-13)16-10-6-9-15(18)14(16)11-12-17(20)21/h6,9-13H,2-5,7-8H2,1H3,(H,20,21)/b12-11+. The van der Waals surface area contributed by atoms with Gasteiger partial charge in [-0.3, -0.25) is 0 Å². The lowest BCUT2D eigenvalue weighted by Gasteiger charge is -2.30. The molecule has 0 spiro atoms. The highest BCUT2D eigenvalue weighted by molar-refractivity contribution is 5.87. The van der Waals surface area contributed by atoms with E-state index in [-0.39, 0.29) is 5.82 Å². The van der Waals surface area contributed by atoms with Gasteiger partial charge in [-0.2, -0.15) is 0 Å². The maximum absolute atomic E-state index is 14.0. The highest BCUT2D eigenvalue weighted by Gasteiger charge is 2.20. The zero-order valence-electron chi connectivity index (χ0n) is 12.4. The Hall–Kier alpha value is -1.84. The molecule has 1 fully saturated rings. The predicted molar refractivity (Wildman–Crippen MR) is 83.0 cm³/mol. The summed E-state index contributed by atoms with van der Waals surface area (Å²) in [6.07, 6.45) is 9.47. The fraction of sp³-hybridized carbons (Fsp3) is 0.471. The van der Waals surface area contributed by atoms with Crippen LogP contribution in [-0.2, 0) is 4.79 Å². The molecule has 1 aliphatic carbocycles. The number of halogens is 1. The van der Waals surface area contributed by atoms with Gasteiger partial charge < -0.3 is 10.0 Å². The topological polar surface area (TPSA) is 40.5 Å². The zero-order valence-corrected chi connectivity index (χ0v) is 12.4. The van der Waals surface area contributed by atoms with Crippen LogP contribution < -0.4 is 4.90 Å². The van der Waals surface area contributed by atoms with Crippen LogP contribution in [0.4, 0.5) is 10.1 Å². The lowest BCUT2D eigenvalue weighted by Crippen LogP contribution is -2.31. The first-order valence-electron chi connectivity index (χ1n) is 7.52. The third-order valence-electron chi connectivity index (χ3n) is 4.17. The Kier molecular flexibility index (Phi) is 5.37. The fourth-order valence-electron chi connectivity index (χ4n) is 2.99. The van der Waals surface area contributed by atoms with E-state index in [2.05, 4.69) is 4.90 Å². The molecule has 0 bridgehead atoms. The largest absolute Gasteiger partial charge is 0.478 e. The molecular formula is C17H22FNO2. The first kappa shape index (κ1) is 15.5. The van der Waals surface area contributed by atoms with Crippen molar-refractivity contribution in [2.75, 3.05) is 11.9 Å². The summed E-state index contributed by atoms with van der Waals surface area (Å²) in [7, 11) is 1.98. The number of hydrogen-bond donors (Lipinski definition) is 1. The van der Waals surface area contributed by atoms with Gasteiger partial charge in [0.15, 0.2) is 0 Å². The van der Waals surface area contributed by atoms with Gasteiger partial charge in [0, 0.05) is 30.4 Å². The van der Waals surface area contributed by atoms with Crippen LogP contribution in [0.15, 0.2) is 24.3 Å². The van der Waals surface area contributed by atoms with Crippen LogP contribution >= 0.6 is 0 Å². The summed E-state index contributed by atoms with van der Waals surface area (Å²) in [5.74, 6) is -1.45. The minimum absolute atomic E-state index is 0.353. The Labute approximate surface area is 125 Å². The molecule has 0 radical (unpaired) electrons. The highest BCUT2D eigenvalue weighted by atomic mass is 19.1. The van der Waals surface area contributed by atoms with Crippen molar-refractivity contribution >= 4 is 17.7 Å². The van der Waals surface area contributed by atoms with E-state index in [4.69, 9.17) is 5.11 Å². The summed E-state index contributed by atoms with van der Waals surface area (Å²) in [4.78, 5) is 12.8. The van der Waals surface area contributed by atoms with Crippen molar-refractivity contribution in [3.8, 4) is 0 Å². The zero-order chi connectivity index (χ0) is 15.2. The first-order chi connectivity index (χ1) is 10.1. The summed E-state index contributed by atoms with van der Waals surface area (Å²) < 4.78 is 14.0. The molecular weight excluding hydrogens is 269 g/mol. The second-order valence-electron chi connectivity index (χ2n) is 5.60. The molecule has 0 saturated heterocycles. The molecule has 1 aromatic rings. The van der Waals surface area contributed by atoms with Crippen LogP contribution in [-0.4, -0.2) is 24.2 Å². The summed E-state index contributed by atoms with van der Waals surface area (Å²) >= 11 is 0. The summed E-state index contributed by atoms with van der Waals surface area (Å²) in [6.45, 7) is 0. The van der Waals surface area contributed by atoms with Gasteiger partial charge in [0.25, 0.3) is 0 Å². The molecule has 2 rings (SSSR count). The number of aliphatic carboxylic acids is 1. The average Bonchev–Trinajstić information content (AvgIpc) is 2.74. The number of anilines is 1. The van der Waals surface area contributed by atoms with Crippen LogP contribution in [0.5, 0.6) is 0 Å². The number of carboxylic acids is 1. The van der Waals surface area contributed by atoms with E-state index in [1.807, 2.05) is 13.1 Å². The van der Waals surface area contributed by atoms with Gasteiger partial charge in [-0.25, -0.2) is 9.18 Å². The molecule has 0 aliphatic heterocycles. The molecule has 1 N–H and O–H groups in total. The normalized spacial score (nSPS) is 16.9. The van der Waals surface area contributed by atoms with Crippen LogP contribution in [0.25, 0.3) is 6.08 Å². The molecule has 0 atom stereocenters. The number of carboxylic acid groups (broad SMARTS) is 1. The molecule has 21 heavy (non-hydrogen) atoms. The van der Waals surface area contributed by atoms with Gasteiger partial charge in [0.2, 0.25) is 0 Å². The van der Waals surface area contributed by atoms with E-state index >= 15 is 0 Å². The van der Waals surface area contributed by atoms with Gasteiger partial charge in [-0.15, -0.1) is 0 Å². The molecule has 1 aliphatic rings. The third-order valence-corrected chi connectivity index (χ3v) is 4.17. The summed E-state index contributed by atoms with van der Waals surface area (Å²) in [5, 5.41) is 8.76. The maximum Gasteiger partial charge on any atom is 0.328 e. The quantitative estimate of drug-likeness (QED) is 0.671. The van der Waals surface area contributed by atoms with E-state index in [0.717, 1.165) is 24.6 Å². The summed E-state index contributed by atoms with van der Waals surface area (Å²) in [6, 6.07) is 5.29. The Balaban J connectivity index is 2.28. The Bertz CT molecular complexity index is 520. The second-order valence-corrected chi connectivity index (χ2v) is 5.60. The Morgan fingerprint density at radius 2 is 1.95 bits per heavy atom. The molecule has 4 heteroatoms. The molecule has 0 amide bonds. The number of carbonyl (C=O) groups is 1. The number of benzene rings is 1. The number of hydrogen-bond acceptors (Lipinski definition) is 2. The summed E-state index contributed by atoms with van der Waals surface area (Å²) in [5.41, 5.74) is 1.12. The Morgan fingerprint density at radius 1 is 1.29 bits per heavy atom. The van der Waals surface area contributed by atoms with Crippen LogP contribution in [0.1, 0.15) is 44.1 Å². The second kappa shape index (κ2) is 7.25. The van der Waals surface area contributed by atoms with Crippen LogP contribution in [0, 0.1) is 5.82 Å². The van der Waals surface area contributed by atoms with Crippen LogP contribution in [0.3, 0.4) is 0 Å². The molecule has 0 aromatic heterocycles. The smallest absolute Gasteiger partial charge is 0.328 e. The molecule has 0 heterocycles. The highest BCUT2D eigenvalue weighted by Crippen LogP contribution is 2.29. The van der Waals surface area contributed by atoms with Gasteiger partial charge in [0.05, 0.1) is 0 Å².